The van der Waals surface area contributed by atoms with Crippen molar-refractivity contribution in [2.45, 2.75) is 38.1 Å². The first-order valence-corrected chi connectivity index (χ1v) is 12.9. The number of carbonyl (C=O) groups excluding carboxylic acids is 1. The van der Waals surface area contributed by atoms with Crippen molar-refractivity contribution in [3.63, 3.8) is 0 Å². The molecule has 0 radical (unpaired) electrons. The fourth-order valence-electron chi connectivity index (χ4n) is 4.32. The second-order valence-corrected chi connectivity index (χ2v) is 10.1. The van der Waals surface area contributed by atoms with Crippen molar-refractivity contribution in [3.8, 4) is 0 Å². The van der Waals surface area contributed by atoms with E-state index in [0.717, 1.165) is 16.4 Å². The first-order valence-electron chi connectivity index (χ1n) is 11.3. The Morgan fingerprint density at radius 2 is 1.94 bits per heavy atom. The molecule has 0 bridgehead atoms. The van der Waals surface area contributed by atoms with Crippen LogP contribution in [0.5, 0.6) is 0 Å². The van der Waals surface area contributed by atoms with Crippen molar-refractivity contribution >= 4 is 46.4 Å². The summed E-state index contributed by atoms with van der Waals surface area (Å²) in [5.41, 5.74) is 1.63. The maximum atomic E-state index is 14.1. The fourth-order valence-corrected chi connectivity index (χ4v) is 5.58. The van der Waals surface area contributed by atoms with Crippen molar-refractivity contribution in [2.24, 2.45) is 5.92 Å². The van der Waals surface area contributed by atoms with Crippen LogP contribution in [-0.2, 0) is 9.53 Å². The molecule has 36 heavy (non-hydrogen) atoms. The van der Waals surface area contributed by atoms with Gasteiger partial charge in [-0.3, -0.25) is 4.79 Å². The largest absolute Gasteiger partial charge is 0.413 e. The summed E-state index contributed by atoms with van der Waals surface area (Å²) in [5, 5.41) is 7.33. The Kier molecular flexibility index (Phi) is 7.96. The highest BCUT2D eigenvalue weighted by molar-refractivity contribution is 7.99. The number of thioether (sulfide) groups is 1. The number of anilines is 2. The van der Waals surface area contributed by atoms with Crippen LogP contribution in [0.25, 0.3) is 5.78 Å². The van der Waals surface area contributed by atoms with E-state index in [1.54, 1.807) is 11.8 Å². The van der Waals surface area contributed by atoms with E-state index < -0.39 is 24.2 Å². The molecule has 8 nitrogen and oxygen atoms in total. The number of alkyl halides is 3. The van der Waals surface area contributed by atoms with Crippen LogP contribution in [0.3, 0.4) is 0 Å². The maximum absolute atomic E-state index is 14.1. The van der Waals surface area contributed by atoms with E-state index in [4.69, 9.17) is 16.3 Å². The number of hydrogen-bond donors (Lipinski definition) is 1. The van der Waals surface area contributed by atoms with Crippen molar-refractivity contribution in [2.75, 3.05) is 31.0 Å². The van der Waals surface area contributed by atoms with Gasteiger partial charge in [0.15, 0.2) is 6.04 Å². The van der Waals surface area contributed by atoms with Gasteiger partial charge in [0.2, 0.25) is 11.2 Å². The number of rotatable bonds is 7. The minimum absolute atomic E-state index is 0.0174. The lowest BCUT2D eigenvalue weighted by atomic mass is 9.98. The predicted octanol–water partition coefficient (Wildman–Crippen LogP) is 5.43. The first kappa shape index (κ1) is 26.5. The molecule has 3 heterocycles. The summed E-state index contributed by atoms with van der Waals surface area (Å²) in [4.78, 5) is 22.0. The molecule has 1 aliphatic heterocycles. The van der Waals surface area contributed by atoms with E-state index in [0.29, 0.717) is 29.9 Å². The van der Waals surface area contributed by atoms with Gasteiger partial charge in [-0.15, -0.1) is 5.10 Å². The van der Waals surface area contributed by atoms with Gasteiger partial charge in [0, 0.05) is 25.8 Å². The highest BCUT2D eigenvalue weighted by Crippen LogP contribution is 2.39. The van der Waals surface area contributed by atoms with E-state index >= 15 is 0 Å². The molecule has 1 aromatic carbocycles. The zero-order chi connectivity index (χ0) is 26.0. The molecule has 3 aromatic rings. The lowest BCUT2D eigenvalue weighted by Crippen LogP contribution is -2.43. The van der Waals surface area contributed by atoms with Gasteiger partial charge in [0.05, 0.1) is 23.7 Å². The number of nitrogens with zero attached hydrogens (tertiary/aromatic N) is 5. The van der Waals surface area contributed by atoms with Crippen LogP contribution in [0.2, 0.25) is 5.28 Å². The van der Waals surface area contributed by atoms with E-state index in [2.05, 4.69) is 20.4 Å². The van der Waals surface area contributed by atoms with E-state index in [-0.39, 0.29) is 22.5 Å². The van der Waals surface area contributed by atoms with Crippen molar-refractivity contribution in [3.05, 3.63) is 47.0 Å². The molecule has 0 unspecified atom stereocenters. The smallest absolute Gasteiger partial charge is 0.375 e. The third-order valence-electron chi connectivity index (χ3n) is 6.24. The molecule has 1 saturated heterocycles. The predicted molar refractivity (Wildman–Crippen MR) is 133 cm³/mol. The number of aromatic nitrogens is 4. The second kappa shape index (κ2) is 10.8. The van der Waals surface area contributed by atoms with Crippen LogP contribution in [-0.4, -0.2) is 62.2 Å². The Bertz CT molecular complexity index is 1220. The van der Waals surface area contributed by atoms with Gasteiger partial charge in [0.1, 0.15) is 0 Å². The number of benzene rings is 1. The standard InChI is InChI=1S/C23H26ClF3N6O2S/c1-13(35-3)18-17(12-28-22-30-21(24)31-33(18)22)29-16-6-4-14(5-7-16)19(23(25,26)27)32(2)20(34)15-8-10-36-11-9-15/h4-7,12-13,15,19,29H,8-11H2,1-3H3/t13-,19-/m0/s1. The number of fused-ring (bicyclic) bond motifs is 1. The number of carbonyl (C=O) groups is 1. The van der Waals surface area contributed by atoms with Gasteiger partial charge >= 0.3 is 6.18 Å². The van der Waals surface area contributed by atoms with Crippen LogP contribution in [0, 0.1) is 5.92 Å². The summed E-state index contributed by atoms with van der Waals surface area (Å²) in [6, 6.07) is 3.78. The van der Waals surface area contributed by atoms with Gasteiger partial charge in [-0.2, -0.15) is 34.4 Å². The van der Waals surface area contributed by atoms with Crippen LogP contribution < -0.4 is 5.32 Å². The third-order valence-corrected chi connectivity index (χ3v) is 7.45. The normalized spacial score (nSPS) is 16.6. The Morgan fingerprint density at radius 1 is 1.28 bits per heavy atom. The number of halogens is 4. The Balaban J connectivity index is 1.60. The van der Waals surface area contributed by atoms with E-state index in [1.165, 1.54) is 49.1 Å². The summed E-state index contributed by atoms with van der Waals surface area (Å²) in [7, 11) is 2.77. The highest BCUT2D eigenvalue weighted by atomic mass is 35.5. The lowest BCUT2D eigenvalue weighted by Gasteiger charge is -2.34. The van der Waals surface area contributed by atoms with Gasteiger partial charge in [-0.25, -0.2) is 4.98 Å². The molecule has 0 saturated carbocycles. The zero-order valence-electron chi connectivity index (χ0n) is 19.9. The minimum atomic E-state index is -4.62. The highest BCUT2D eigenvalue weighted by Gasteiger charge is 2.46. The first-order chi connectivity index (χ1) is 17.1. The summed E-state index contributed by atoms with van der Waals surface area (Å²) in [5.74, 6) is 1.01. The zero-order valence-corrected chi connectivity index (χ0v) is 21.5. The molecule has 1 amide bonds. The second-order valence-electron chi connectivity index (χ2n) is 8.55. The summed E-state index contributed by atoms with van der Waals surface area (Å²) in [6.07, 6.45) is -2.31. The molecule has 1 aliphatic rings. The topological polar surface area (TPSA) is 84.6 Å². The quantitative estimate of drug-likeness (QED) is 0.426. The van der Waals surface area contributed by atoms with Gasteiger partial charge in [0.25, 0.3) is 5.78 Å². The van der Waals surface area contributed by atoms with Crippen molar-refractivity contribution < 1.29 is 22.7 Å². The molecular weight excluding hydrogens is 517 g/mol. The van der Waals surface area contributed by atoms with Crippen LogP contribution in [0.1, 0.15) is 43.2 Å². The number of ether oxygens (including phenoxy) is 1. The maximum Gasteiger partial charge on any atom is 0.413 e. The molecule has 0 aliphatic carbocycles. The Labute approximate surface area is 215 Å². The van der Waals surface area contributed by atoms with Gasteiger partial charge in [-0.1, -0.05) is 12.1 Å². The van der Waals surface area contributed by atoms with Gasteiger partial charge < -0.3 is 15.0 Å². The molecule has 1 N–H and O–H groups in total. The number of hydrogen-bond acceptors (Lipinski definition) is 7. The van der Waals surface area contributed by atoms with Crippen LogP contribution >= 0.6 is 23.4 Å². The monoisotopic (exact) mass is 542 g/mol. The summed E-state index contributed by atoms with van der Waals surface area (Å²) in [6.45, 7) is 1.81. The Morgan fingerprint density at radius 3 is 2.56 bits per heavy atom. The number of nitrogens with one attached hydrogen (secondary N) is 1. The van der Waals surface area contributed by atoms with Crippen molar-refractivity contribution in [1.29, 1.82) is 0 Å². The third kappa shape index (κ3) is 5.55. The molecular formula is C23H26ClF3N6O2S. The Hall–Kier alpha value is -2.57. The average Bonchev–Trinajstić information content (AvgIpc) is 3.24. The summed E-state index contributed by atoms with van der Waals surface area (Å²) >= 11 is 7.65. The van der Waals surface area contributed by atoms with Gasteiger partial charge in [-0.05, 0) is 60.6 Å². The molecule has 194 valence electrons. The minimum Gasteiger partial charge on any atom is -0.375 e. The van der Waals surface area contributed by atoms with Crippen LogP contribution in [0.15, 0.2) is 30.5 Å². The lowest BCUT2D eigenvalue weighted by molar-refractivity contribution is -0.190. The van der Waals surface area contributed by atoms with Crippen molar-refractivity contribution in [1.82, 2.24) is 24.5 Å². The number of methoxy groups -OCH3 is 1. The molecule has 2 atom stereocenters. The van der Waals surface area contributed by atoms with Crippen LogP contribution in [0.4, 0.5) is 24.5 Å². The molecule has 0 spiro atoms. The molecule has 1 fully saturated rings. The number of amides is 1. The average molecular weight is 543 g/mol. The fraction of sp³-hybridized carbons (Fsp3) is 0.478. The SMILES string of the molecule is CO[C@@H](C)c1c(Nc2ccc([C@H](N(C)C(=O)C3CCSCC3)C(F)(F)F)cc2)cnc2nc(Cl)nn12. The van der Waals surface area contributed by atoms with E-state index in [1.807, 2.05) is 6.92 Å². The van der Waals surface area contributed by atoms with E-state index in [9.17, 15) is 18.0 Å². The molecule has 4 rings (SSSR count). The molecule has 2 aromatic heterocycles. The molecule has 13 heteroatoms. The summed E-state index contributed by atoms with van der Waals surface area (Å²) < 4.78 is 49.2.